The third kappa shape index (κ3) is 3.62. The summed E-state index contributed by atoms with van der Waals surface area (Å²) >= 11 is 1.82. The normalized spacial score (nSPS) is 14.2. The Labute approximate surface area is 125 Å². The van der Waals surface area contributed by atoms with Crippen LogP contribution < -0.4 is 10.1 Å². The second kappa shape index (κ2) is 6.91. The number of ether oxygens (including phenoxy) is 1. The summed E-state index contributed by atoms with van der Waals surface area (Å²) in [5.41, 5.74) is 1.26. The van der Waals surface area contributed by atoms with E-state index in [1.807, 2.05) is 23.5 Å². The van der Waals surface area contributed by atoms with Gasteiger partial charge in [0, 0.05) is 17.0 Å². The minimum absolute atomic E-state index is 0.291. The van der Waals surface area contributed by atoms with Crippen LogP contribution in [0.4, 0.5) is 0 Å². The van der Waals surface area contributed by atoms with Gasteiger partial charge in [-0.1, -0.05) is 32.0 Å². The highest BCUT2D eigenvalue weighted by atomic mass is 32.1. The molecule has 0 aliphatic carbocycles. The minimum Gasteiger partial charge on any atom is -0.497 e. The van der Waals surface area contributed by atoms with Crippen molar-refractivity contribution >= 4 is 11.3 Å². The molecule has 2 nitrogen and oxygen atoms in total. The fourth-order valence-corrected chi connectivity index (χ4v) is 3.31. The molecule has 2 atom stereocenters. The van der Waals surface area contributed by atoms with E-state index in [2.05, 4.69) is 55.7 Å². The molecule has 1 unspecified atom stereocenters. The van der Waals surface area contributed by atoms with Crippen LogP contribution in [0, 0.1) is 5.92 Å². The molecule has 0 aliphatic rings. The second-order valence-electron chi connectivity index (χ2n) is 5.40. The highest BCUT2D eigenvalue weighted by Gasteiger charge is 2.19. The van der Waals surface area contributed by atoms with Crippen LogP contribution in [0.15, 0.2) is 41.8 Å². The van der Waals surface area contributed by atoms with E-state index in [1.165, 1.54) is 10.4 Å². The molecule has 0 fully saturated rings. The van der Waals surface area contributed by atoms with Gasteiger partial charge in [-0.15, -0.1) is 11.3 Å². The van der Waals surface area contributed by atoms with Gasteiger partial charge in [-0.25, -0.2) is 0 Å². The Balaban J connectivity index is 2.14. The van der Waals surface area contributed by atoms with Gasteiger partial charge in [0.05, 0.1) is 7.11 Å². The largest absolute Gasteiger partial charge is 0.497 e. The van der Waals surface area contributed by atoms with Crippen LogP contribution >= 0.6 is 11.3 Å². The van der Waals surface area contributed by atoms with Crippen LogP contribution in [-0.4, -0.2) is 7.11 Å². The van der Waals surface area contributed by atoms with Gasteiger partial charge >= 0.3 is 0 Å². The van der Waals surface area contributed by atoms with Crippen molar-refractivity contribution in [3.05, 3.63) is 52.2 Å². The van der Waals surface area contributed by atoms with E-state index >= 15 is 0 Å². The molecule has 0 spiro atoms. The van der Waals surface area contributed by atoms with E-state index in [0.717, 1.165) is 5.75 Å². The van der Waals surface area contributed by atoms with Gasteiger partial charge in [-0.3, -0.25) is 0 Å². The Hall–Kier alpha value is -1.32. The predicted molar refractivity (Wildman–Crippen MR) is 86.4 cm³/mol. The number of benzene rings is 1. The molecular weight excluding hydrogens is 266 g/mol. The summed E-state index contributed by atoms with van der Waals surface area (Å²) < 4.78 is 5.30. The fourth-order valence-electron chi connectivity index (χ4n) is 2.35. The maximum Gasteiger partial charge on any atom is 0.119 e. The average Bonchev–Trinajstić information content (AvgIpc) is 2.98. The zero-order valence-corrected chi connectivity index (χ0v) is 13.4. The van der Waals surface area contributed by atoms with Gasteiger partial charge in [0.15, 0.2) is 0 Å². The maximum atomic E-state index is 5.30. The third-order valence-electron chi connectivity index (χ3n) is 3.54. The predicted octanol–water partition coefficient (Wildman–Crippen LogP) is 4.80. The van der Waals surface area contributed by atoms with Crippen LogP contribution in [0.25, 0.3) is 0 Å². The lowest BCUT2D eigenvalue weighted by atomic mass is 9.99. The second-order valence-corrected chi connectivity index (χ2v) is 6.38. The summed E-state index contributed by atoms with van der Waals surface area (Å²) in [6.45, 7) is 6.73. The number of thiophene rings is 1. The molecule has 20 heavy (non-hydrogen) atoms. The van der Waals surface area contributed by atoms with Crippen LogP contribution in [0.5, 0.6) is 5.75 Å². The number of hydrogen-bond donors (Lipinski definition) is 1. The number of nitrogens with one attached hydrogen (secondary N) is 1. The van der Waals surface area contributed by atoms with Crippen molar-refractivity contribution in [2.75, 3.05) is 7.11 Å². The Kier molecular flexibility index (Phi) is 5.21. The molecule has 0 saturated carbocycles. The number of hydrogen-bond acceptors (Lipinski definition) is 3. The van der Waals surface area contributed by atoms with E-state index in [1.54, 1.807) is 7.11 Å². The molecule has 0 amide bonds. The lowest BCUT2D eigenvalue weighted by molar-refractivity contribution is 0.377. The molecule has 1 aromatic carbocycles. The van der Waals surface area contributed by atoms with Crippen molar-refractivity contribution < 1.29 is 4.74 Å². The van der Waals surface area contributed by atoms with E-state index in [4.69, 9.17) is 4.74 Å². The summed E-state index contributed by atoms with van der Waals surface area (Å²) in [5.74, 6) is 1.47. The summed E-state index contributed by atoms with van der Waals surface area (Å²) in [7, 11) is 1.71. The summed E-state index contributed by atoms with van der Waals surface area (Å²) in [4.78, 5) is 1.40. The lowest BCUT2D eigenvalue weighted by Crippen LogP contribution is -2.27. The fraction of sp³-hybridized carbons (Fsp3) is 0.412. The Bertz CT molecular complexity index is 522. The van der Waals surface area contributed by atoms with Crippen LogP contribution in [-0.2, 0) is 0 Å². The molecular formula is C17H23NOS. The molecule has 108 valence electrons. The summed E-state index contributed by atoms with van der Waals surface area (Å²) in [6, 6.07) is 13.3. The van der Waals surface area contributed by atoms with Crippen LogP contribution in [0.2, 0.25) is 0 Å². The average molecular weight is 289 g/mol. The summed E-state index contributed by atoms with van der Waals surface area (Å²) in [5, 5.41) is 5.88. The highest BCUT2D eigenvalue weighted by Crippen LogP contribution is 2.29. The molecule has 1 aromatic heterocycles. The van der Waals surface area contributed by atoms with Gasteiger partial charge in [0.2, 0.25) is 0 Å². The van der Waals surface area contributed by atoms with Gasteiger partial charge in [-0.05, 0) is 42.0 Å². The molecule has 0 radical (unpaired) electrons. The number of rotatable bonds is 6. The molecule has 0 saturated heterocycles. The Morgan fingerprint density at radius 1 is 1.10 bits per heavy atom. The Morgan fingerprint density at radius 3 is 2.50 bits per heavy atom. The standard InChI is InChI=1S/C17H23NOS/c1-12(2)17(16-9-6-10-20-16)18-13(3)14-7-5-8-15(11-14)19-4/h5-13,17-18H,1-4H3/t13-,17?/m1/s1. The van der Waals surface area contributed by atoms with Crippen molar-refractivity contribution in [2.45, 2.75) is 32.9 Å². The third-order valence-corrected chi connectivity index (χ3v) is 4.50. The van der Waals surface area contributed by atoms with E-state index in [-0.39, 0.29) is 0 Å². The van der Waals surface area contributed by atoms with Crippen molar-refractivity contribution in [1.82, 2.24) is 5.32 Å². The minimum atomic E-state index is 0.291. The first-order valence-electron chi connectivity index (χ1n) is 7.05. The summed E-state index contributed by atoms with van der Waals surface area (Å²) in [6.07, 6.45) is 0. The van der Waals surface area contributed by atoms with E-state index in [9.17, 15) is 0 Å². The molecule has 1 heterocycles. The van der Waals surface area contributed by atoms with Crippen LogP contribution in [0.1, 0.15) is 43.3 Å². The Morgan fingerprint density at radius 2 is 1.90 bits per heavy atom. The first kappa shape index (κ1) is 15.1. The highest BCUT2D eigenvalue weighted by molar-refractivity contribution is 7.10. The van der Waals surface area contributed by atoms with Crippen molar-refractivity contribution in [3.63, 3.8) is 0 Å². The van der Waals surface area contributed by atoms with Gasteiger partial charge in [0.1, 0.15) is 5.75 Å². The monoisotopic (exact) mass is 289 g/mol. The smallest absolute Gasteiger partial charge is 0.119 e. The van der Waals surface area contributed by atoms with Gasteiger partial charge < -0.3 is 10.1 Å². The van der Waals surface area contributed by atoms with Gasteiger partial charge in [-0.2, -0.15) is 0 Å². The molecule has 0 aliphatic heterocycles. The SMILES string of the molecule is COc1cccc([C@@H](C)NC(c2cccs2)C(C)C)c1. The molecule has 1 N–H and O–H groups in total. The first-order valence-corrected chi connectivity index (χ1v) is 7.93. The molecule has 0 bridgehead atoms. The zero-order chi connectivity index (χ0) is 14.5. The lowest BCUT2D eigenvalue weighted by Gasteiger charge is -2.26. The maximum absolute atomic E-state index is 5.30. The molecule has 3 heteroatoms. The number of methoxy groups -OCH3 is 1. The van der Waals surface area contributed by atoms with Crippen molar-refractivity contribution in [2.24, 2.45) is 5.92 Å². The topological polar surface area (TPSA) is 21.3 Å². The van der Waals surface area contributed by atoms with E-state index < -0.39 is 0 Å². The van der Waals surface area contributed by atoms with Crippen LogP contribution in [0.3, 0.4) is 0 Å². The zero-order valence-electron chi connectivity index (χ0n) is 12.6. The van der Waals surface area contributed by atoms with Crippen molar-refractivity contribution in [3.8, 4) is 5.75 Å². The van der Waals surface area contributed by atoms with Crippen molar-refractivity contribution in [1.29, 1.82) is 0 Å². The molecule has 2 rings (SSSR count). The molecule has 2 aromatic rings. The van der Waals surface area contributed by atoms with E-state index in [0.29, 0.717) is 18.0 Å². The first-order chi connectivity index (χ1) is 9.61. The van der Waals surface area contributed by atoms with Gasteiger partial charge in [0.25, 0.3) is 0 Å². The quantitative estimate of drug-likeness (QED) is 0.824.